The van der Waals surface area contributed by atoms with Crippen molar-refractivity contribution >= 4 is 38.6 Å². The summed E-state index contributed by atoms with van der Waals surface area (Å²) in [6, 6.07) is 9.12. The van der Waals surface area contributed by atoms with Crippen LogP contribution < -0.4 is 4.74 Å². The van der Waals surface area contributed by atoms with Crippen LogP contribution in [0.2, 0.25) is 0 Å². The van der Waals surface area contributed by atoms with Crippen LogP contribution in [0.25, 0.3) is 0 Å². The van der Waals surface area contributed by atoms with Crippen molar-refractivity contribution in [2.75, 3.05) is 26.2 Å². The first-order chi connectivity index (χ1) is 15.2. The number of ether oxygens (including phenoxy) is 1. The number of halogens is 1. The summed E-state index contributed by atoms with van der Waals surface area (Å²) in [5, 5.41) is 0.643. The van der Waals surface area contributed by atoms with Crippen molar-refractivity contribution < 1.29 is 22.3 Å². The molecule has 0 atom stereocenters. The van der Waals surface area contributed by atoms with E-state index in [0.29, 0.717) is 38.6 Å². The molecule has 1 aliphatic rings. The molecule has 1 fully saturated rings. The standard InChI is InChI=1S/C21H22FN3O4S3/c1-14-3-8-19(30-14)32(27,28)25-11-9-24(10-12-25)21(26)20-15(2)23-18(31-20)13-29-17-6-4-16(22)5-7-17/h3-8H,9-13H2,1-2H3. The molecule has 2 aromatic heterocycles. The molecule has 1 aliphatic heterocycles. The Kier molecular flexibility index (Phi) is 6.61. The third-order valence-corrected chi connectivity index (χ3v) is 9.53. The molecule has 0 saturated carbocycles. The summed E-state index contributed by atoms with van der Waals surface area (Å²) in [5.74, 6) is 0.0242. The zero-order chi connectivity index (χ0) is 22.9. The second kappa shape index (κ2) is 9.26. The van der Waals surface area contributed by atoms with Gasteiger partial charge < -0.3 is 9.64 Å². The minimum atomic E-state index is -3.53. The third-order valence-electron chi connectivity index (χ3n) is 5.05. The predicted octanol–water partition coefficient (Wildman–Crippen LogP) is 3.69. The molecule has 0 radical (unpaired) electrons. The number of piperazine rings is 1. The second-order valence-electron chi connectivity index (χ2n) is 7.33. The topological polar surface area (TPSA) is 79.8 Å². The number of thiazole rings is 1. The van der Waals surface area contributed by atoms with Crippen molar-refractivity contribution in [3.8, 4) is 5.75 Å². The van der Waals surface area contributed by atoms with Gasteiger partial charge in [0, 0.05) is 31.1 Å². The minimum absolute atomic E-state index is 0.156. The zero-order valence-electron chi connectivity index (χ0n) is 17.6. The molecule has 0 bridgehead atoms. The molecule has 1 aromatic carbocycles. The molecule has 32 heavy (non-hydrogen) atoms. The van der Waals surface area contributed by atoms with E-state index in [1.165, 1.54) is 51.2 Å². The van der Waals surface area contributed by atoms with Gasteiger partial charge in [0.15, 0.2) is 0 Å². The number of nitrogens with zero attached hydrogens (tertiary/aromatic N) is 3. The van der Waals surface area contributed by atoms with Crippen LogP contribution in [0.15, 0.2) is 40.6 Å². The maximum atomic E-state index is 13.0. The summed E-state index contributed by atoms with van der Waals surface area (Å²) in [6.45, 7) is 4.97. The minimum Gasteiger partial charge on any atom is -0.486 e. The largest absolute Gasteiger partial charge is 0.486 e. The lowest BCUT2D eigenvalue weighted by molar-refractivity contribution is 0.0702. The summed E-state index contributed by atoms with van der Waals surface area (Å²) in [4.78, 5) is 20.6. The Morgan fingerprint density at radius 2 is 1.75 bits per heavy atom. The van der Waals surface area contributed by atoms with E-state index in [2.05, 4.69) is 4.98 Å². The van der Waals surface area contributed by atoms with Crippen LogP contribution in [0.3, 0.4) is 0 Å². The fourth-order valence-corrected chi connectivity index (χ4v) is 7.15. The van der Waals surface area contributed by atoms with Gasteiger partial charge in [-0.1, -0.05) is 0 Å². The van der Waals surface area contributed by atoms with Crippen molar-refractivity contribution in [2.45, 2.75) is 24.7 Å². The maximum absolute atomic E-state index is 13.0. The van der Waals surface area contributed by atoms with E-state index in [9.17, 15) is 17.6 Å². The van der Waals surface area contributed by atoms with Crippen molar-refractivity contribution in [3.05, 3.63) is 62.7 Å². The molecule has 0 unspecified atom stereocenters. The van der Waals surface area contributed by atoms with Gasteiger partial charge in [-0.2, -0.15) is 4.31 Å². The van der Waals surface area contributed by atoms with Crippen LogP contribution in [0.4, 0.5) is 4.39 Å². The number of carbonyl (C=O) groups excluding carboxylic acids is 1. The number of benzene rings is 1. The lowest BCUT2D eigenvalue weighted by Crippen LogP contribution is -2.50. The monoisotopic (exact) mass is 495 g/mol. The molecule has 0 spiro atoms. The lowest BCUT2D eigenvalue weighted by atomic mass is 10.3. The molecular weight excluding hydrogens is 473 g/mol. The van der Waals surface area contributed by atoms with E-state index in [1.54, 1.807) is 24.0 Å². The Labute approximate surface area is 194 Å². The SMILES string of the molecule is Cc1ccc(S(=O)(=O)N2CCN(C(=O)c3sc(COc4ccc(F)cc4)nc3C)CC2)s1. The molecule has 11 heteroatoms. The number of rotatable bonds is 6. The number of aryl methyl sites for hydroxylation is 2. The Balaban J connectivity index is 1.37. The summed E-state index contributed by atoms with van der Waals surface area (Å²) in [6.07, 6.45) is 0. The van der Waals surface area contributed by atoms with E-state index < -0.39 is 10.0 Å². The molecule has 7 nitrogen and oxygen atoms in total. The molecule has 1 saturated heterocycles. The normalized spacial score (nSPS) is 15.2. The first-order valence-corrected chi connectivity index (χ1v) is 13.0. The first-order valence-electron chi connectivity index (χ1n) is 9.94. The second-order valence-corrected chi connectivity index (χ2v) is 11.9. The summed E-state index contributed by atoms with van der Waals surface area (Å²) in [7, 11) is -3.53. The number of thiophene rings is 1. The third kappa shape index (κ3) is 4.85. The molecule has 3 aromatic rings. The molecule has 3 heterocycles. The number of hydrogen-bond donors (Lipinski definition) is 0. The van der Waals surface area contributed by atoms with Crippen LogP contribution in [0.5, 0.6) is 5.75 Å². The summed E-state index contributed by atoms with van der Waals surface area (Å²) < 4.78 is 46.0. The van der Waals surface area contributed by atoms with Crippen molar-refractivity contribution in [3.63, 3.8) is 0 Å². The number of carbonyl (C=O) groups is 1. The number of aromatic nitrogens is 1. The highest BCUT2D eigenvalue weighted by atomic mass is 32.2. The quantitative estimate of drug-likeness (QED) is 0.521. The average molecular weight is 496 g/mol. The Morgan fingerprint density at radius 1 is 1.06 bits per heavy atom. The molecule has 0 N–H and O–H groups in total. The van der Waals surface area contributed by atoms with Gasteiger partial charge in [0.05, 0.1) is 5.69 Å². The van der Waals surface area contributed by atoms with Gasteiger partial charge in [-0.25, -0.2) is 17.8 Å². The van der Waals surface area contributed by atoms with Crippen LogP contribution in [0.1, 0.15) is 25.3 Å². The van der Waals surface area contributed by atoms with E-state index in [1.807, 2.05) is 6.92 Å². The van der Waals surface area contributed by atoms with E-state index in [4.69, 9.17) is 4.74 Å². The van der Waals surface area contributed by atoms with Crippen LogP contribution >= 0.6 is 22.7 Å². The van der Waals surface area contributed by atoms with Crippen LogP contribution in [0, 0.1) is 19.7 Å². The summed E-state index contributed by atoms with van der Waals surface area (Å²) in [5.41, 5.74) is 0.613. The van der Waals surface area contributed by atoms with Crippen LogP contribution in [-0.2, 0) is 16.6 Å². The molecule has 1 amide bonds. The van der Waals surface area contributed by atoms with Gasteiger partial charge in [-0.15, -0.1) is 22.7 Å². The molecule has 0 aliphatic carbocycles. The van der Waals surface area contributed by atoms with Gasteiger partial charge in [0.2, 0.25) is 0 Å². The highest BCUT2D eigenvalue weighted by molar-refractivity contribution is 7.91. The van der Waals surface area contributed by atoms with Crippen molar-refractivity contribution in [1.29, 1.82) is 0 Å². The first kappa shape index (κ1) is 22.8. The molecule has 4 rings (SSSR count). The van der Waals surface area contributed by atoms with Gasteiger partial charge in [0.25, 0.3) is 15.9 Å². The molecular formula is C21H22FN3O4S3. The van der Waals surface area contributed by atoms with Crippen LogP contribution in [-0.4, -0.2) is 54.7 Å². The lowest BCUT2D eigenvalue weighted by Gasteiger charge is -2.33. The van der Waals surface area contributed by atoms with Crippen molar-refractivity contribution in [1.82, 2.24) is 14.2 Å². The maximum Gasteiger partial charge on any atom is 0.265 e. The fraction of sp³-hybridized carbons (Fsp3) is 0.333. The highest BCUT2D eigenvalue weighted by Crippen LogP contribution is 2.26. The van der Waals surface area contributed by atoms with Crippen molar-refractivity contribution in [2.24, 2.45) is 0 Å². The fourth-order valence-electron chi connectivity index (χ4n) is 3.34. The number of amides is 1. The Hall–Kier alpha value is -2.34. The van der Waals surface area contributed by atoms with Gasteiger partial charge in [-0.3, -0.25) is 4.79 Å². The van der Waals surface area contributed by atoms with E-state index in [0.717, 1.165) is 4.88 Å². The summed E-state index contributed by atoms with van der Waals surface area (Å²) >= 11 is 2.51. The van der Waals surface area contributed by atoms with Gasteiger partial charge >= 0.3 is 0 Å². The number of hydrogen-bond acceptors (Lipinski definition) is 7. The predicted molar refractivity (Wildman–Crippen MR) is 121 cm³/mol. The smallest absolute Gasteiger partial charge is 0.265 e. The zero-order valence-corrected chi connectivity index (χ0v) is 20.0. The van der Waals surface area contributed by atoms with E-state index >= 15 is 0 Å². The average Bonchev–Trinajstić information content (AvgIpc) is 3.39. The number of sulfonamides is 1. The molecule has 170 valence electrons. The van der Waals surface area contributed by atoms with Gasteiger partial charge in [-0.05, 0) is 50.2 Å². The Bertz CT molecular complexity index is 1210. The van der Waals surface area contributed by atoms with E-state index in [-0.39, 0.29) is 31.4 Å². The Morgan fingerprint density at radius 3 is 2.38 bits per heavy atom. The van der Waals surface area contributed by atoms with Gasteiger partial charge in [0.1, 0.15) is 32.3 Å². The highest BCUT2D eigenvalue weighted by Gasteiger charge is 2.32.